The molecule has 0 spiro atoms. The molecule has 0 aromatic heterocycles. The van der Waals surface area contributed by atoms with Crippen LogP contribution >= 0.6 is 11.6 Å². The standard InChI is InChI=1S/C14H12ClNO3/c15-9-12-6-7-14(13(8-12)16(17)18)19-10-11-4-2-1-3-5-11/h1-8H,9-10H2. The number of nitro groups is 1. The van der Waals surface area contributed by atoms with Crippen LogP contribution in [0.5, 0.6) is 5.75 Å². The van der Waals surface area contributed by atoms with Gasteiger partial charge in [0.15, 0.2) is 5.75 Å². The minimum Gasteiger partial charge on any atom is -0.482 e. The summed E-state index contributed by atoms with van der Waals surface area (Å²) in [6, 6.07) is 14.2. The zero-order valence-electron chi connectivity index (χ0n) is 10.1. The highest BCUT2D eigenvalue weighted by atomic mass is 35.5. The molecule has 0 fully saturated rings. The second-order valence-electron chi connectivity index (χ2n) is 3.97. The van der Waals surface area contributed by atoms with Crippen molar-refractivity contribution >= 4 is 17.3 Å². The normalized spacial score (nSPS) is 10.2. The van der Waals surface area contributed by atoms with Crippen molar-refractivity contribution < 1.29 is 9.66 Å². The summed E-state index contributed by atoms with van der Waals surface area (Å²) in [6.07, 6.45) is 0. The molecule has 2 rings (SSSR count). The van der Waals surface area contributed by atoms with E-state index >= 15 is 0 Å². The van der Waals surface area contributed by atoms with E-state index in [1.165, 1.54) is 6.07 Å². The van der Waals surface area contributed by atoms with Gasteiger partial charge in [-0.3, -0.25) is 10.1 Å². The van der Waals surface area contributed by atoms with Crippen molar-refractivity contribution in [3.63, 3.8) is 0 Å². The van der Waals surface area contributed by atoms with Crippen LogP contribution in [0.25, 0.3) is 0 Å². The first-order valence-electron chi connectivity index (χ1n) is 5.70. The van der Waals surface area contributed by atoms with Crippen LogP contribution in [-0.2, 0) is 12.5 Å². The van der Waals surface area contributed by atoms with Crippen molar-refractivity contribution in [2.75, 3.05) is 0 Å². The monoisotopic (exact) mass is 277 g/mol. The Morgan fingerprint density at radius 3 is 2.47 bits per heavy atom. The third kappa shape index (κ3) is 3.45. The zero-order valence-corrected chi connectivity index (χ0v) is 10.8. The molecule has 0 aliphatic rings. The predicted octanol–water partition coefficient (Wildman–Crippen LogP) is 3.91. The molecule has 0 aliphatic heterocycles. The van der Waals surface area contributed by atoms with Crippen LogP contribution in [0, 0.1) is 10.1 Å². The van der Waals surface area contributed by atoms with Gasteiger partial charge in [0.25, 0.3) is 0 Å². The maximum atomic E-state index is 11.0. The quantitative estimate of drug-likeness (QED) is 0.473. The molecule has 0 bridgehead atoms. The largest absolute Gasteiger partial charge is 0.482 e. The summed E-state index contributed by atoms with van der Waals surface area (Å²) in [5.74, 6) is 0.488. The first kappa shape index (κ1) is 13.4. The number of alkyl halides is 1. The van der Waals surface area contributed by atoms with Gasteiger partial charge in [0.1, 0.15) is 6.61 Å². The molecule has 19 heavy (non-hydrogen) atoms. The van der Waals surface area contributed by atoms with Gasteiger partial charge in [-0.25, -0.2) is 0 Å². The van der Waals surface area contributed by atoms with Crippen molar-refractivity contribution in [2.24, 2.45) is 0 Å². The van der Waals surface area contributed by atoms with Gasteiger partial charge in [-0.15, -0.1) is 11.6 Å². The van der Waals surface area contributed by atoms with E-state index in [1.807, 2.05) is 30.3 Å². The van der Waals surface area contributed by atoms with E-state index in [0.717, 1.165) is 5.56 Å². The minimum atomic E-state index is -0.462. The number of nitrogens with zero attached hydrogens (tertiary/aromatic N) is 1. The smallest absolute Gasteiger partial charge is 0.311 e. The molecule has 0 amide bonds. The highest BCUT2D eigenvalue weighted by Crippen LogP contribution is 2.29. The van der Waals surface area contributed by atoms with Crippen LogP contribution in [0.4, 0.5) is 5.69 Å². The topological polar surface area (TPSA) is 52.4 Å². The number of rotatable bonds is 5. The summed E-state index contributed by atoms with van der Waals surface area (Å²) < 4.78 is 5.50. The average Bonchev–Trinajstić information content (AvgIpc) is 2.46. The lowest BCUT2D eigenvalue weighted by molar-refractivity contribution is -0.386. The average molecular weight is 278 g/mol. The maximum Gasteiger partial charge on any atom is 0.311 e. The first-order chi connectivity index (χ1) is 9.20. The van der Waals surface area contributed by atoms with Gasteiger partial charge < -0.3 is 4.74 Å². The minimum absolute atomic E-state index is 0.0610. The van der Waals surface area contributed by atoms with Crippen molar-refractivity contribution in [1.29, 1.82) is 0 Å². The highest BCUT2D eigenvalue weighted by molar-refractivity contribution is 6.17. The van der Waals surface area contributed by atoms with Crippen molar-refractivity contribution in [3.05, 3.63) is 69.8 Å². The molecule has 2 aromatic carbocycles. The Morgan fingerprint density at radius 1 is 1.11 bits per heavy atom. The van der Waals surface area contributed by atoms with Crippen LogP contribution in [0.2, 0.25) is 0 Å². The fraction of sp³-hybridized carbons (Fsp3) is 0.143. The Morgan fingerprint density at radius 2 is 1.84 bits per heavy atom. The van der Waals surface area contributed by atoms with Gasteiger partial charge in [-0.2, -0.15) is 0 Å². The second-order valence-corrected chi connectivity index (χ2v) is 4.23. The Kier molecular flexibility index (Phi) is 4.36. The molecule has 0 saturated carbocycles. The van der Waals surface area contributed by atoms with E-state index in [4.69, 9.17) is 16.3 Å². The molecule has 2 aromatic rings. The van der Waals surface area contributed by atoms with Gasteiger partial charge in [0.05, 0.1) is 4.92 Å². The molecule has 0 heterocycles. The molecule has 98 valence electrons. The number of ether oxygens (including phenoxy) is 1. The van der Waals surface area contributed by atoms with E-state index in [0.29, 0.717) is 12.2 Å². The van der Waals surface area contributed by atoms with Gasteiger partial charge in [0.2, 0.25) is 0 Å². The summed E-state index contributed by atoms with van der Waals surface area (Å²) in [5.41, 5.74) is 1.59. The molecule has 0 radical (unpaired) electrons. The number of hydrogen-bond donors (Lipinski definition) is 0. The number of nitro benzene ring substituents is 1. The fourth-order valence-electron chi connectivity index (χ4n) is 1.65. The predicted molar refractivity (Wildman–Crippen MR) is 73.4 cm³/mol. The van der Waals surface area contributed by atoms with Crippen LogP contribution in [-0.4, -0.2) is 4.92 Å². The maximum absolute atomic E-state index is 11.0. The van der Waals surface area contributed by atoms with E-state index in [2.05, 4.69) is 0 Å². The van der Waals surface area contributed by atoms with Gasteiger partial charge >= 0.3 is 5.69 Å². The Balaban J connectivity index is 2.18. The van der Waals surface area contributed by atoms with Gasteiger partial charge in [-0.1, -0.05) is 36.4 Å². The highest BCUT2D eigenvalue weighted by Gasteiger charge is 2.15. The SMILES string of the molecule is O=[N+]([O-])c1cc(CCl)ccc1OCc1ccccc1. The van der Waals surface area contributed by atoms with Crippen molar-refractivity contribution in [3.8, 4) is 5.75 Å². The lowest BCUT2D eigenvalue weighted by Gasteiger charge is -2.07. The summed E-state index contributed by atoms with van der Waals surface area (Å²) in [5, 5.41) is 11.0. The lowest BCUT2D eigenvalue weighted by Crippen LogP contribution is -1.99. The van der Waals surface area contributed by atoms with Crippen LogP contribution in [0.15, 0.2) is 48.5 Å². The van der Waals surface area contributed by atoms with E-state index in [1.54, 1.807) is 12.1 Å². The number of benzene rings is 2. The van der Waals surface area contributed by atoms with Crippen LogP contribution in [0.1, 0.15) is 11.1 Å². The van der Waals surface area contributed by atoms with Crippen LogP contribution in [0.3, 0.4) is 0 Å². The summed E-state index contributed by atoms with van der Waals surface area (Å²) in [6.45, 7) is 0.294. The third-order valence-electron chi connectivity index (χ3n) is 2.61. The Labute approximate surface area is 115 Å². The number of halogens is 1. The van der Waals surface area contributed by atoms with E-state index in [-0.39, 0.29) is 17.3 Å². The van der Waals surface area contributed by atoms with E-state index < -0.39 is 4.92 Å². The second kappa shape index (κ2) is 6.20. The molecular weight excluding hydrogens is 266 g/mol. The molecule has 0 atom stereocenters. The fourth-order valence-corrected chi connectivity index (χ4v) is 1.81. The van der Waals surface area contributed by atoms with Crippen LogP contribution < -0.4 is 4.74 Å². The molecule has 4 nitrogen and oxygen atoms in total. The molecule has 0 unspecified atom stereocenters. The molecule has 5 heteroatoms. The Hall–Kier alpha value is -2.07. The summed E-state index contributed by atoms with van der Waals surface area (Å²) >= 11 is 5.67. The molecule has 0 saturated heterocycles. The molecule has 0 N–H and O–H groups in total. The van der Waals surface area contributed by atoms with Crippen molar-refractivity contribution in [2.45, 2.75) is 12.5 Å². The lowest BCUT2D eigenvalue weighted by atomic mass is 10.2. The first-order valence-corrected chi connectivity index (χ1v) is 6.24. The summed E-state index contributed by atoms with van der Waals surface area (Å²) in [7, 11) is 0. The van der Waals surface area contributed by atoms with Crippen molar-refractivity contribution in [1.82, 2.24) is 0 Å². The summed E-state index contributed by atoms with van der Waals surface area (Å²) in [4.78, 5) is 10.5. The number of hydrogen-bond acceptors (Lipinski definition) is 3. The molecular formula is C14H12ClNO3. The van der Waals surface area contributed by atoms with Gasteiger partial charge in [-0.05, 0) is 17.2 Å². The Bertz CT molecular complexity index is 572. The zero-order chi connectivity index (χ0) is 13.7. The third-order valence-corrected chi connectivity index (χ3v) is 2.92. The van der Waals surface area contributed by atoms with Gasteiger partial charge in [0, 0.05) is 11.9 Å². The van der Waals surface area contributed by atoms with E-state index in [9.17, 15) is 10.1 Å². The molecule has 0 aliphatic carbocycles.